The summed E-state index contributed by atoms with van der Waals surface area (Å²) in [7, 11) is 0. The summed E-state index contributed by atoms with van der Waals surface area (Å²) in [6.07, 6.45) is -0.0262. The number of carbonyl (C=O) groups is 2. The van der Waals surface area contributed by atoms with E-state index in [0.29, 0.717) is 28.6 Å². The van der Waals surface area contributed by atoms with Crippen LogP contribution in [0, 0.1) is 6.92 Å². The number of para-hydroxylation sites is 1. The molecule has 0 fully saturated rings. The van der Waals surface area contributed by atoms with Crippen LogP contribution < -0.4 is 15.4 Å². The van der Waals surface area contributed by atoms with Crippen LogP contribution in [-0.4, -0.2) is 24.5 Å². The van der Waals surface area contributed by atoms with Crippen LogP contribution in [0.4, 0.5) is 5.69 Å². The Hall–Kier alpha value is -3.31. The van der Waals surface area contributed by atoms with E-state index in [9.17, 15) is 9.59 Å². The van der Waals surface area contributed by atoms with Crippen LogP contribution in [-0.2, 0) is 11.2 Å². The van der Waals surface area contributed by atoms with Gasteiger partial charge in [0.2, 0.25) is 0 Å². The molecule has 2 N–H and O–H groups in total. The molecule has 0 aromatic heterocycles. The fourth-order valence-corrected chi connectivity index (χ4v) is 3.15. The van der Waals surface area contributed by atoms with Gasteiger partial charge < -0.3 is 15.4 Å². The average molecular weight is 437 g/mol. The van der Waals surface area contributed by atoms with E-state index in [1.165, 1.54) is 0 Å². The van der Waals surface area contributed by atoms with Gasteiger partial charge in [0.05, 0.1) is 11.3 Å². The van der Waals surface area contributed by atoms with Crippen LogP contribution in [0.1, 0.15) is 28.4 Å². The molecule has 0 saturated carbocycles. The Morgan fingerprint density at radius 3 is 2.45 bits per heavy atom. The molecular weight excluding hydrogens is 412 g/mol. The van der Waals surface area contributed by atoms with Crippen molar-refractivity contribution in [1.29, 1.82) is 0 Å². The third-order valence-corrected chi connectivity index (χ3v) is 5.21. The van der Waals surface area contributed by atoms with Crippen LogP contribution in [0.25, 0.3) is 0 Å². The molecule has 0 spiro atoms. The number of hydrogen-bond donors (Lipinski definition) is 2. The van der Waals surface area contributed by atoms with Gasteiger partial charge in [-0.15, -0.1) is 0 Å². The van der Waals surface area contributed by atoms with Gasteiger partial charge in [-0.2, -0.15) is 0 Å². The standard InChI is InChI=1S/C25H25ClN2O3/c1-17-16-20(12-13-22(17)26)31-18(2)24(29)28-23-11-7-6-10-21(23)25(30)27-15-14-19-8-4-3-5-9-19/h3-13,16,18H,14-15H2,1-2H3,(H,27,30)(H,28,29)/t18-/m1/s1. The number of benzene rings is 3. The summed E-state index contributed by atoms with van der Waals surface area (Å²) in [5.41, 5.74) is 2.85. The maximum absolute atomic E-state index is 12.7. The van der Waals surface area contributed by atoms with Gasteiger partial charge in [0, 0.05) is 11.6 Å². The molecular formula is C25H25ClN2O3. The first-order valence-corrected chi connectivity index (χ1v) is 10.5. The van der Waals surface area contributed by atoms with Gasteiger partial charge >= 0.3 is 0 Å². The number of nitrogens with one attached hydrogen (secondary N) is 2. The Kier molecular flexibility index (Phi) is 7.68. The summed E-state index contributed by atoms with van der Waals surface area (Å²) in [5, 5.41) is 6.34. The van der Waals surface area contributed by atoms with Crippen molar-refractivity contribution in [3.63, 3.8) is 0 Å². The Labute approximate surface area is 187 Å². The van der Waals surface area contributed by atoms with E-state index in [2.05, 4.69) is 10.6 Å². The van der Waals surface area contributed by atoms with Crippen LogP contribution in [0.5, 0.6) is 5.75 Å². The maximum Gasteiger partial charge on any atom is 0.265 e. The lowest BCUT2D eigenvalue weighted by Crippen LogP contribution is -2.32. The van der Waals surface area contributed by atoms with Crippen LogP contribution in [0.2, 0.25) is 5.02 Å². The highest BCUT2D eigenvalue weighted by Crippen LogP contribution is 2.22. The van der Waals surface area contributed by atoms with Crippen molar-refractivity contribution in [2.24, 2.45) is 0 Å². The zero-order chi connectivity index (χ0) is 22.2. The van der Waals surface area contributed by atoms with Gasteiger partial charge in [-0.3, -0.25) is 9.59 Å². The number of hydrogen-bond acceptors (Lipinski definition) is 3. The third kappa shape index (κ3) is 6.33. The predicted octanol–water partition coefficient (Wildman–Crippen LogP) is 5.03. The smallest absolute Gasteiger partial charge is 0.265 e. The monoisotopic (exact) mass is 436 g/mol. The Balaban J connectivity index is 1.60. The van der Waals surface area contributed by atoms with Gasteiger partial charge in [0.15, 0.2) is 6.10 Å². The number of carbonyl (C=O) groups excluding carboxylic acids is 2. The van der Waals surface area contributed by atoms with Gasteiger partial charge in [-0.25, -0.2) is 0 Å². The molecule has 0 bridgehead atoms. The van der Waals surface area contributed by atoms with Gasteiger partial charge in [-0.1, -0.05) is 54.1 Å². The highest BCUT2D eigenvalue weighted by molar-refractivity contribution is 6.31. The summed E-state index contributed by atoms with van der Waals surface area (Å²) in [6.45, 7) is 4.02. The number of amides is 2. The van der Waals surface area contributed by atoms with E-state index in [4.69, 9.17) is 16.3 Å². The Morgan fingerprint density at radius 1 is 1.00 bits per heavy atom. The lowest BCUT2D eigenvalue weighted by atomic mass is 10.1. The van der Waals surface area contributed by atoms with Gasteiger partial charge in [0.1, 0.15) is 5.75 Å². The Morgan fingerprint density at radius 2 is 1.71 bits per heavy atom. The molecule has 6 heteroatoms. The van der Waals surface area contributed by atoms with E-state index in [-0.39, 0.29) is 11.8 Å². The van der Waals surface area contributed by atoms with E-state index in [0.717, 1.165) is 17.5 Å². The van der Waals surface area contributed by atoms with Crippen molar-refractivity contribution < 1.29 is 14.3 Å². The Bertz CT molecular complexity index is 1050. The SMILES string of the molecule is Cc1cc(O[C@H](C)C(=O)Nc2ccccc2C(=O)NCCc2ccccc2)ccc1Cl. The van der Waals surface area contributed by atoms with Crippen LogP contribution >= 0.6 is 11.6 Å². The average Bonchev–Trinajstić information content (AvgIpc) is 2.77. The number of halogens is 1. The minimum absolute atomic E-state index is 0.242. The lowest BCUT2D eigenvalue weighted by Gasteiger charge is -2.17. The number of rotatable bonds is 8. The lowest BCUT2D eigenvalue weighted by molar-refractivity contribution is -0.122. The van der Waals surface area contributed by atoms with Gasteiger partial charge in [0.25, 0.3) is 11.8 Å². The molecule has 0 radical (unpaired) electrons. The van der Waals surface area contributed by atoms with Crippen LogP contribution in [0.3, 0.4) is 0 Å². The molecule has 0 heterocycles. The number of anilines is 1. The molecule has 1 atom stereocenters. The van der Waals surface area contributed by atoms with Crippen molar-refractivity contribution in [3.8, 4) is 5.75 Å². The molecule has 0 unspecified atom stereocenters. The minimum atomic E-state index is -0.755. The molecule has 160 valence electrons. The summed E-state index contributed by atoms with van der Waals surface area (Å²) >= 11 is 6.03. The predicted molar refractivity (Wildman–Crippen MR) is 124 cm³/mol. The second-order valence-electron chi connectivity index (χ2n) is 7.20. The second kappa shape index (κ2) is 10.6. The molecule has 3 aromatic rings. The van der Waals surface area contributed by atoms with Crippen molar-refractivity contribution in [2.45, 2.75) is 26.4 Å². The zero-order valence-electron chi connectivity index (χ0n) is 17.5. The van der Waals surface area contributed by atoms with Crippen LogP contribution in [0.15, 0.2) is 72.8 Å². The first-order valence-electron chi connectivity index (χ1n) is 10.1. The molecule has 5 nitrogen and oxygen atoms in total. The fourth-order valence-electron chi connectivity index (χ4n) is 3.03. The zero-order valence-corrected chi connectivity index (χ0v) is 18.3. The van der Waals surface area contributed by atoms with Crippen molar-refractivity contribution in [3.05, 3.63) is 94.5 Å². The van der Waals surface area contributed by atoms with Crippen molar-refractivity contribution in [1.82, 2.24) is 5.32 Å². The molecule has 2 amide bonds. The highest BCUT2D eigenvalue weighted by atomic mass is 35.5. The van der Waals surface area contributed by atoms with Crippen molar-refractivity contribution in [2.75, 3.05) is 11.9 Å². The van der Waals surface area contributed by atoms with E-state index in [1.807, 2.05) is 37.3 Å². The first-order chi connectivity index (χ1) is 14.9. The first kappa shape index (κ1) is 22.4. The maximum atomic E-state index is 12.7. The van der Waals surface area contributed by atoms with Crippen molar-refractivity contribution >= 4 is 29.1 Å². The summed E-state index contributed by atoms with van der Waals surface area (Å²) in [4.78, 5) is 25.3. The topological polar surface area (TPSA) is 67.4 Å². The fraction of sp³-hybridized carbons (Fsp3) is 0.200. The number of aryl methyl sites for hydroxylation is 1. The quantitative estimate of drug-likeness (QED) is 0.520. The molecule has 0 aliphatic carbocycles. The number of ether oxygens (including phenoxy) is 1. The van der Waals surface area contributed by atoms with E-state index >= 15 is 0 Å². The molecule has 0 aliphatic rings. The van der Waals surface area contributed by atoms with Gasteiger partial charge in [-0.05, 0) is 61.7 Å². The third-order valence-electron chi connectivity index (χ3n) is 4.78. The minimum Gasteiger partial charge on any atom is -0.481 e. The molecule has 0 saturated heterocycles. The molecule has 0 aliphatic heterocycles. The summed E-state index contributed by atoms with van der Waals surface area (Å²) < 4.78 is 5.73. The largest absolute Gasteiger partial charge is 0.481 e. The molecule has 31 heavy (non-hydrogen) atoms. The normalized spacial score (nSPS) is 11.5. The van der Waals surface area contributed by atoms with E-state index < -0.39 is 6.10 Å². The summed E-state index contributed by atoms with van der Waals surface area (Å²) in [6, 6.07) is 22.1. The summed E-state index contributed by atoms with van der Waals surface area (Å²) in [5.74, 6) is -0.0395. The van der Waals surface area contributed by atoms with E-state index in [1.54, 1.807) is 49.4 Å². The molecule has 3 aromatic carbocycles. The second-order valence-corrected chi connectivity index (χ2v) is 7.60. The highest BCUT2D eigenvalue weighted by Gasteiger charge is 2.18. The molecule has 3 rings (SSSR count).